The van der Waals surface area contributed by atoms with Gasteiger partial charge in [0.2, 0.25) is 5.91 Å². The minimum atomic E-state index is -4.85. The average molecular weight is 693 g/mol. The summed E-state index contributed by atoms with van der Waals surface area (Å²) in [5, 5.41) is 7.72. The summed E-state index contributed by atoms with van der Waals surface area (Å²) in [4.78, 5) is 19.3. The van der Waals surface area contributed by atoms with Crippen molar-refractivity contribution in [2.45, 2.75) is 82.0 Å². The zero-order chi connectivity index (χ0) is 32.9. The van der Waals surface area contributed by atoms with Crippen molar-refractivity contribution in [1.29, 1.82) is 0 Å². The number of thiazole rings is 1. The molecule has 0 spiro atoms. The molecule has 2 bridgehead atoms. The van der Waals surface area contributed by atoms with Crippen LogP contribution < -0.4 is 15.0 Å². The van der Waals surface area contributed by atoms with Gasteiger partial charge in [0.25, 0.3) is 10.1 Å². The lowest BCUT2D eigenvalue weighted by molar-refractivity contribution is -0.274. The first-order valence-corrected chi connectivity index (χ1v) is 17.7. The summed E-state index contributed by atoms with van der Waals surface area (Å²) in [7, 11) is -4.23. The van der Waals surface area contributed by atoms with E-state index in [-0.39, 0.29) is 48.4 Å². The lowest BCUT2D eigenvalue weighted by atomic mass is 10.00. The molecule has 4 heterocycles. The Morgan fingerprint density at radius 2 is 1.85 bits per heavy atom. The molecule has 2 aliphatic heterocycles. The van der Waals surface area contributed by atoms with Crippen molar-refractivity contribution >= 4 is 48.4 Å². The normalized spacial score (nSPS) is 21.4. The maximum absolute atomic E-state index is 13.2. The number of hydrogen-bond acceptors (Lipinski definition) is 10. The monoisotopic (exact) mass is 692 g/mol. The molecule has 2 aromatic carbocycles. The third kappa shape index (κ3) is 7.24. The fraction of sp³-hybridized carbons (Fsp3) is 0.452. The number of nitrogens with zero attached hydrogens (tertiary/aromatic N) is 3. The van der Waals surface area contributed by atoms with Crippen LogP contribution in [0.25, 0.3) is 21.5 Å². The van der Waals surface area contributed by atoms with Crippen LogP contribution in [-0.2, 0) is 26.3 Å². The molecule has 2 unspecified atom stereocenters. The zero-order valence-electron chi connectivity index (χ0n) is 24.9. The van der Waals surface area contributed by atoms with Crippen LogP contribution in [0, 0.1) is 0 Å². The summed E-state index contributed by atoms with van der Waals surface area (Å²) in [6, 6.07) is 11.6. The second kappa shape index (κ2) is 12.4. The molecule has 2 aromatic heterocycles. The van der Waals surface area contributed by atoms with Gasteiger partial charge in [-0.1, -0.05) is 28.6 Å². The number of anilines is 2. The number of aromatic nitrogens is 2. The molecule has 7 rings (SSSR count). The fourth-order valence-electron chi connectivity index (χ4n) is 6.54. The summed E-state index contributed by atoms with van der Waals surface area (Å²) < 4.78 is 87.6. The highest BCUT2D eigenvalue weighted by atomic mass is 32.2. The fourth-order valence-corrected chi connectivity index (χ4v) is 8.13. The van der Waals surface area contributed by atoms with Crippen molar-refractivity contribution in [3.05, 3.63) is 53.8 Å². The Bertz CT molecular complexity index is 1890. The van der Waals surface area contributed by atoms with Gasteiger partial charge in [0.1, 0.15) is 17.2 Å². The molecule has 3 aliphatic rings. The van der Waals surface area contributed by atoms with Gasteiger partial charge in [-0.3, -0.25) is 9.35 Å². The van der Waals surface area contributed by atoms with Crippen molar-refractivity contribution in [3.63, 3.8) is 0 Å². The summed E-state index contributed by atoms with van der Waals surface area (Å²) in [6.07, 6.45) is 0.0448. The van der Waals surface area contributed by atoms with Gasteiger partial charge >= 0.3 is 6.36 Å². The van der Waals surface area contributed by atoms with Gasteiger partial charge in [0.05, 0.1) is 28.7 Å². The zero-order valence-corrected chi connectivity index (χ0v) is 26.5. The molecule has 1 aliphatic carbocycles. The number of piperidine rings is 1. The number of carbonyl (C=O) groups excluding carboxylic acids is 1. The van der Waals surface area contributed by atoms with Gasteiger partial charge in [-0.2, -0.15) is 8.42 Å². The largest absolute Gasteiger partial charge is 0.573 e. The number of nitrogens with one attached hydrogen (secondary N) is 1. The van der Waals surface area contributed by atoms with Crippen LogP contribution in [0.3, 0.4) is 0 Å². The van der Waals surface area contributed by atoms with Gasteiger partial charge in [-0.15, -0.1) is 13.2 Å². The van der Waals surface area contributed by atoms with Crippen molar-refractivity contribution in [2.24, 2.45) is 0 Å². The lowest BCUT2D eigenvalue weighted by Gasteiger charge is -2.38. The van der Waals surface area contributed by atoms with E-state index in [4.69, 9.17) is 18.8 Å². The van der Waals surface area contributed by atoms with Crippen molar-refractivity contribution in [2.75, 3.05) is 16.0 Å². The van der Waals surface area contributed by atoms with Gasteiger partial charge in [-0.05, 0) is 68.9 Å². The molecule has 0 radical (unpaired) electrons. The number of ether oxygens (including phenoxy) is 2. The predicted molar refractivity (Wildman–Crippen MR) is 167 cm³/mol. The van der Waals surface area contributed by atoms with E-state index in [1.807, 2.05) is 0 Å². The smallest absolute Gasteiger partial charge is 0.405 e. The number of fused-ring (bicyclic) bond motifs is 3. The molecular weight excluding hydrogens is 661 g/mol. The lowest BCUT2D eigenvalue weighted by Crippen LogP contribution is -2.45. The van der Waals surface area contributed by atoms with Crippen LogP contribution in [0.5, 0.6) is 5.75 Å². The topological polar surface area (TPSA) is 144 Å². The van der Waals surface area contributed by atoms with Gasteiger partial charge < -0.3 is 24.2 Å². The molecule has 2 atom stereocenters. The van der Waals surface area contributed by atoms with E-state index in [2.05, 4.69) is 20.1 Å². The first-order chi connectivity index (χ1) is 22.4. The Morgan fingerprint density at radius 3 is 2.55 bits per heavy atom. The molecule has 47 heavy (non-hydrogen) atoms. The van der Waals surface area contributed by atoms with E-state index in [0.717, 1.165) is 53.9 Å². The number of halogens is 3. The van der Waals surface area contributed by atoms with Crippen LogP contribution in [0.2, 0.25) is 0 Å². The number of carbonyl (C=O) groups is 1. The van der Waals surface area contributed by atoms with Crippen molar-refractivity contribution in [3.8, 4) is 17.0 Å². The van der Waals surface area contributed by atoms with E-state index in [1.165, 1.54) is 29.5 Å². The third-order valence-electron chi connectivity index (χ3n) is 8.76. The summed E-state index contributed by atoms with van der Waals surface area (Å²) in [5.74, 6) is -0.682. The predicted octanol–water partition coefficient (Wildman–Crippen LogP) is 6.66. The summed E-state index contributed by atoms with van der Waals surface area (Å²) in [6.45, 7) is 0.162. The van der Waals surface area contributed by atoms with Crippen LogP contribution in [0.4, 0.5) is 24.0 Å². The van der Waals surface area contributed by atoms with Crippen LogP contribution in [-0.4, -0.2) is 59.3 Å². The number of alkyl halides is 3. The van der Waals surface area contributed by atoms with E-state index in [1.54, 1.807) is 24.3 Å². The maximum Gasteiger partial charge on any atom is 0.573 e. The minimum absolute atomic E-state index is 0.0702. The Labute approximate surface area is 271 Å². The molecule has 3 fully saturated rings. The molecule has 2 N–H and O–H groups in total. The van der Waals surface area contributed by atoms with E-state index in [0.29, 0.717) is 22.7 Å². The average Bonchev–Trinajstić information content (AvgIpc) is 3.53. The number of amides is 1. The minimum Gasteiger partial charge on any atom is -0.405 e. The summed E-state index contributed by atoms with van der Waals surface area (Å²) >= 11 is 1.51. The van der Waals surface area contributed by atoms with Crippen LogP contribution >= 0.6 is 11.3 Å². The first-order valence-electron chi connectivity index (χ1n) is 15.3. The Hall–Kier alpha value is -3.73. The SMILES string of the molecule is O=C(CCS(=O)(=O)O)Nc1ccc2nc(N3C4CCC3CC(OCc3c(-c5ccccc5OC(F)(F)F)noc3C3CC3)C4)sc2c1. The van der Waals surface area contributed by atoms with Crippen molar-refractivity contribution in [1.82, 2.24) is 10.1 Å². The Morgan fingerprint density at radius 1 is 1.11 bits per heavy atom. The first kappa shape index (κ1) is 31.8. The van der Waals surface area contributed by atoms with E-state index < -0.39 is 28.1 Å². The van der Waals surface area contributed by atoms with Crippen molar-refractivity contribution < 1.29 is 44.9 Å². The molecule has 1 saturated carbocycles. The quantitative estimate of drug-likeness (QED) is 0.164. The standard InChI is InChI=1S/C31H31F3N4O7S2/c32-31(33,34)44-25-4-2-1-3-22(25)28-23(29(45-37-28)17-5-6-17)16-43-21-14-19-8-9-20(15-21)38(19)30-36-24-10-7-18(13-26(24)46-30)35-27(39)11-12-47(40,41)42/h1-4,7,10,13,17,19-21H,5-6,8-9,11-12,14-16H2,(H,35,39)(H,40,41,42). The highest BCUT2D eigenvalue weighted by molar-refractivity contribution is 7.85. The Kier molecular flexibility index (Phi) is 8.39. The van der Waals surface area contributed by atoms with Crippen LogP contribution in [0.15, 0.2) is 47.0 Å². The molecule has 4 aromatic rings. The highest BCUT2D eigenvalue weighted by Crippen LogP contribution is 2.47. The third-order valence-corrected chi connectivity index (χ3v) is 10.5. The molecule has 250 valence electrons. The van der Waals surface area contributed by atoms with E-state index >= 15 is 0 Å². The second-order valence-electron chi connectivity index (χ2n) is 12.2. The molecular formula is C31H31F3N4O7S2. The molecule has 2 saturated heterocycles. The number of hydrogen-bond donors (Lipinski definition) is 2. The Balaban J connectivity index is 1.04. The van der Waals surface area contributed by atoms with Gasteiger partial charge in [-0.25, -0.2) is 4.98 Å². The highest BCUT2D eigenvalue weighted by Gasteiger charge is 2.43. The molecule has 11 nitrogen and oxygen atoms in total. The van der Waals surface area contributed by atoms with Crippen LogP contribution in [0.1, 0.15) is 62.2 Å². The second-order valence-corrected chi connectivity index (χ2v) is 14.7. The van der Waals surface area contributed by atoms with E-state index in [9.17, 15) is 26.4 Å². The number of rotatable bonds is 11. The number of para-hydroxylation sites is 1. The molecule has 1 amide bonds. The van der Waals surface area contributed by atoms with Gasteiger partial charge in [0, 0.05) is 41.2 Å². The number of benzene rings is 2. The molecule has 16 heteroatoms. The maximum atomic E-state index is 13.2. The van der Waals surface area contributed by atoms with Gasteiger partial charge in [0.15, 0.2) is 5.13 Å². The summed E-state index contributed by atoms with van der Waals surface area (Å²) in [5.41, 5.74) is 2.45.